The summed E-state index contributed by atoms with van der Waals surface area (Å²) in [5, 5.41) is 6.34. The third-order valence-electron chi connectivity index (χ3n) is 3.46. The fourth-order valence-corrected chi connectivity index (χ4v) is 2.76. The van der Waals surface area contributed by atoms with Gasteiger partial charge in [0.1, 0.15) is 0 Å². The molecule has 22 heavy (non-hydrogen) atoms. The van der Waals surface area contributed by atoms with Gasteiger partial charge in [0.15, 0.2) is 5.76 Å². The summed E-state index contributed by atoms with van der Waals surface area (Å²) in [7, 11) is 0. The third kappa shape index (κ3) is 3.76. The number of nitrogens with one attached hydrogen (secondary N) is 2. The predicted molar refractivity (Wildman–Crippen MR) is 87.5 cm³/mol. The zero-order chi connectivity index (χ0) is 16.3. The summed E-state index contributed by atoms with van der Waals surface area (Å²) in [4.78, 5) is 24.8. The molecule has 2 aromatic heterocycles. The second-order valence-corrected chi connectivity index (χ2v) is 6.61. The Morgan fingerprint density at radius 1 is 1.23 bits per heavy atom. The highest BCUT2D eigenvalue weighted by atomic mass is 32.1. The van der Waals surface area contributed by atoms with Crippen molar-refractivity contribution in [3.05, 3.63) is 40.7 Å². The molecule has 1 atom stereocenters. The number of furan rings is 1. The lowest BCUT2D eigenvalue weighted by Gasteiger charge is -2.16. The van der Waals surface area contributed by atoms with E-state index in [-0.39, 0.29) is 23.6 Å². The number of hydrogen-bond donors (Lipinski definition) is 2. The van der Waals surface area contributed by atoms with E-state index in [1.165, 1.54) is 17.6 Å². The van der Waals surface area contributed by atoms with Crippen LogP contribution in [-0.2, 0) is 0 Å². The van der Waals surface area contributed by atoms with E-state index in [9.17, 15) is 9.59 Å². The Morgan fingerprint density at radius 2 is 1.95 bits per heavy atom. The summed E-state index contributed by atoms with van der Waals surface area (Å²) in [6.45, 7) is 7.95. The number of amides is 2. The quantitative estimate of drug-likeness (QED) is 0.883. The van der Waals surface area contributed by atoms with Crippen molar-refractivity contribution in [1.29, 1.82) is 0 Å². The van der Waals surface area contributed by atoms with E-state index >= 15 is 0 Å². The number of anilines is 1. The first-order valence-corrected chi connectivity index (χ1v) is 7.96. The molecule has 0 aromatic carbocycles. The number of aryl methyl sites for hydroxylation is 1. The first-order chi connectivity index (χ1) is 10.4. The monoisotopic (exact) mass is 320 g/mol. The Hall–Kier alpha value is -2.08. The molecule has 118 valence electrons. The smallest absolute Gasteiger partial charge is 0.291 e. The molecule has 0 aliphatic rings. The molecule has 2 N–H and O–H groups in total. The molecule has 0 radical (unpaired) electrons. The molecule has 5 nitrogen and oxygen atoms in total. The van der Waals surface area contributed by atoms with Gasteiger partial charge >= 0.3 is 0 Å². The van der Waals surface area contributed by atoms with Crippen molar-refractivity contribution in [3.8, 4) is 0 Å². The highest BCUT2D eigenvalue weighted by molar-refractivity contribution is 7.18. The molecule has 0 unspecified atom stereocenters. The molecule has 0 saturated carbocycles. The maximum atomic E-state index is 12.3. The molecule has 6 heteroatoms. The highest BCUT2D eigenvalue weighted by Crippen LogP contribution is 2.27. The van der Waals surface area contributed by atoms with Gasteiger partial charge in [-0.3, -0.25) is 9.59 Å². The van der Waals surface area contributed by atoms with Gasteiger partial charge in [0.25, 0.3) is 11.8 Å². The van der Waals surface area contributed by atoms with Crippen LogP contribution in [0.15, 0.2) is 28.9 Å². The lowest BCUT2D eigenvalue weighted by Crippen LogP contribution is -2.35. The van der Waals surface area contributed by atoms with Crippen LogP contribution in [0.4, 0.5) is 5.00 Å². The van der Waals surface area contributed by atoms with E-state index in [1.54, 1.807) is 18.2 Å². The lowest BCUT2D eigenvalue weighted by molar-refractivity contribution is 0.0933. The number of carbonyl (C=O) groups excluding carboxylic acids is 2. The van der Waals surface area contributed by atoms with Gasteiger partial charge in [0.2, 0.25) is 0 Å². The Balaban J connectivity index is 2.08. The van der Waals surface area contributed by atoms with E-state index in [1.807, 2.05) is 13.8 Å². The zero-order valence-electron chi connectivity index (χ0n) is 13.1. The van der Waals surface area contributed by atoms with Gasteiger partial charge in [-0.15, -0.1) is 11.3 Å². The van der Waals surface area contributed by atoms with E-state index in [0.29, 0.717) is 15.8 Å². The van der Waals surface area contributed by atoms with Crippen LogP contribution in [0.3, 0.4) is 0 Å². The van der Waals surface area contributed by atoms with Crippen molar-refractivity contribution in [2.75, 3.05) is 5.32 Å². The normalized spacial score (nSPS) is 12.2. The van der Waals surface area contributed by atoms with Crippen molar-refractivity contribution >= 4 is 28.2 Å². The first-order valence-electron chi connectivity index (χ1n) is 7.14. The van der Waals surface area contributed by atoms with Crippen LogP contribution in [0.5, 0.6) is 0 Å². The van der Waals surface area contributed by atoms with Crippen molar-refractivity contribution < 1.29 is 14.0 Å². The SMILES string of the molecule is Cc1cc(NC(=O)c2ccco2)sc1C(=O)N[C@@H](C)C(C)C. The largest absolute Gasteiger partial charge is 0.459 e. The van der Waals surface area contributed by atoms with Crippen LogP contribution in [0.1, 0.15) is 46.6 Å². The van der Waals surface area contributed by atoms with Crippen molar-refractivity contribution in [2.45, 2.75) is 33.7 Å². The zero-order valence-corrected chi connectivity index (χ0v) is 13.9. The minimum absolute atomic E-state index is 0.0927. The summed E-state index contributed by atoms with van der Waals surface area (Å²) in [6.07, 6.45) is 1.45. The molecule has 0 bridgehead atoms. The van der Waals surface area contributed by atoms with Crippen LogP contribution in [0.2, 0.25) is 0 Å². The summed E-state index contributed by atoms with van der Waals surface area (Å²) in [5.41, 5.74) is 0.841. The summed E-state index contributed by atoms with van der Waals surface area (Å²) in [6, 6.07) is 5.13. The fourth-order valence-electron chi connectivity index (χ4n) is 1.79. The van der Waals surface area contributed by atoms with Crippen molar-refractivity contribution in [2.24, 2.45) is 5.92 Å². The first kappa shape index (κ1) is 16.3. The van der Waals surface area contributed by atoms with Crippen molar-refractivity contribution in [3.63, 3.8) is 0 Å². The Kier molecular flexibility index (Phi) is 5.03. The van der Waals surface area contributed by atoms with Gasteiger partial charge in [-0.05, 0) is 43.5 Å². The number of rotatable bonds is 5. The molecular formula is C16H20N2O3S. The molecule has 2 aromatic rings. The molecule has 0 aliphatic heterocycles. The van der Waals surface area contributed by atoms with Crippen LogP contribution in [0.25, 0.3) is 0 Å². The topological polar surface area (TPSA) is 71.3 Å². The van der Waals surface area contributed by atoms with Crippen LogP contribution < -0.4 is 10.6 Å². The van der Waals surface area contributed by atoms with Gasteiger partial charge in [-0.25, -0.2) is 0 Å². The van der Waals surface area contributed by atoms with E-state index in [2.05, 4.69) is 24.5 Å². The lowest BCUT2D eigenvalue weighted by atomic mass is 10.1. The number of hydrogen-bond acceptors (Lipinski definition) is 4. The number of thiophene rings is 1. The standard InChI is InChI=1S/C16H20N2O3S/c1-9(2)11(4)17-16(20)14-10(3)8-13(22-14)18-15(19)12-6-5-7-21-12/h5-9,11H,1-4H3,(H,17,20)(H,18,19)/t11-/m0/s1. The second kappa shape index (κ2) is 6.79. The van der Waals surface area contributed by atoms with Crippen molar-refractivity contribution in [1.82, 2.24) is 5.32 Å². The third-order valence-corrected chi connectivity index (χ3v) is 4.62. The summed E-state index contributed by atoms with van der Waals surface area (Å²) in [5.74, 6) is 0.170. The summed E-state index contributed by atoms with van der Waals surface area (Å²) >= 11 is 1.26. The molecule has 2 amide bonds. The summed E-state index contributed by atoms with van der Waals surface area (Å²) < 4.78 is 5.04. The van der Waals surface area contributed by atoms with Gasteiger partial charge in [0.05, 0.1) is 16.1 Å². The van der Waals surface area contributed by atoms with Gasteiger partial charge in [-0.1, -0.05) is 13.8 Å². The van der Waals surface area contributed by atoms with Gasteiger partial charge in [-0.2, -0.15) is 0 Å². The molecule has 0 saturated heterocycles. The van der Waals surface area contributed by atoms with Crippen LogP contribution in [-0.4, -0.2) is 17.9 Å². The van der Waals surface area contributed by atoms with E-state index in [4.69, 9.17) is 4.42 Å². The molecule has 0 fully saturated rings. The molecule has 0 spiro atoms. The molecule has 2 rings (SSSR count). The van der Waals surface area contributed by atoms with E-state index < -0.39 is 0 Å². The maximum Gasteiger partial charge on any atom is 0.291 e. The average Bonchev–Trinajstić information content (AvgIpc) is 3.08. The number of carbonyl (C=O) groups is 2. The second-order valence-electron chi connectivity index (χ2n) is 5.56. The minimum atomic E-state index is -0.325. The minimum Gasteiger partial charge on any atom is -0.459 e. The highest BCUT2D eigenvalue weighted by Gasteiger charge is 2.18. The Bertz CT molecular complexity index is 659. The van der Waals surface area contributed by atoms with Gasteiger partial charge in [0, 0.05) is 6.04 Å². The Morgan fingerprint density at radius 3 is 2.55 bits per heavy atom. The molecule has 2 heterocycles. The maximum absolute atomic E-state index is 12.3. The van der Waals surface area contributed by atoms with Gasteiger partial charge < -0.3 is 15.1 Å². The van der Waals surface area contributed by atoms with Crippen LogP contribution in [0, 0.1) is 12.8 Å². The molecule has 0 aliphatic carbocycles. The predicted octanol–water partition coefficient (Wildman–Crippen LogP) is 3.68. The Labute approximate surface area is 133 Å². The molecular weight excluding hydrogens is 300 g/mol. The van der Waals surface area contributed by atoms with E-state index in [0.717, 1.165) is 5.56 Å². The van der Waals surface area contributed by atoms with Crippen LogP contribution >= 0.6 is 11.3 Å². The fraction of sp³-hybridized carbons (Fsp3) is 0.375. The average molecular weight is 320 g/mol.